The van der Waals surface area contributed by atoms with Crippen LogP contribution in [0, 0.1) is 0 Å². The predicted molar refractivity (Wildman–Crippen MR) is 77.5 cm³/mol. The maximum absolute atomic E-state index is 5.73. The van der Waals surface area contributed by atoms with Gasteiger partial charge in [0.15, 0.2) is 0 Å². The fourth-order valence-corrected chi connectivity index (χ4v) is 2.22. The first-order valence-corrected chi connectivity index (χ1v) is 7.22. The zero-order valence-corrected chi connectivity index (χ0v) is 12.4. The summed E-state index contributed by atoms with van der Waals surface area (Å²) >= 11 is 6.93. The van der Waals surface area contributed by atoms with Gasteiger partial charge in [-0.15, -0.1) is 0 Å². The summed E-state index contributed by atoms with van der Waals surface area (Å²) in [4.78, 5) is 0. The molecule has 1 nitrogen and oxygen atoms in total. The summed E-state index contributed by atoms with van der Waals surface area (Å²) in [5.74, 6) is 0.894. The fraction of sp³-hybridized carbons (Fsp3) is 0.143. The van der Waals surface area contributed by atoms with Gasteiger partial charge in [0, 0.05) is 15.4 Å². The SMILES string of the molecule is BrCc1ccc(OCc2ccccc2Br)cc1. The van der Waals surface area contributed by atoms with Crippen LogP contribution in [0.25, 0.3) is 0 Å². The van der Waals surface area contributed by atoms with Crippen LogP contribution in [0.15, 0.2) is 53.0 Å². The zero-order chi connectivity index (χ0) is 12.1. The van der Waals surface area contributed by atoms with Gasteiger partial charge in [-0.3, -0.25) is 0 Å². The molecule has 2 aromatic rings. The van der Waals surface area contributed by atoms with Crippen LogP contribution in [-0.2, 0) is 11.9 Å². The average molecular weight is 356 g/mol. The molecule has 0 aliphatic heterocycles. The number of hydrogen-bond donors (Lipinski definition) is 0. The minimum Gasteiger partial charge on any atom is -0.489 e. The van der Waals surface area contributed by atoms with E-state index in [1.807, 2.05) is 30.3 Å². The topological polar surface area (TPSA) is 9.23 Å². The van der Waals surface area contributed by atoms with E-state index in [4.69, 9.17) is 4.74 Å². The highest BCUT2D eigenvalue weighted by molar-refractivity contribution is 9.10. The Kier molecular flexibility index (Phi) is 4.63. The molecule has 0 saturated heterocycles. The van der Waals surface area contributed by atoms with Gasteiger partial charge in [-0.05, 0) is 23.8 Å². The van der Waals surface area contributed by atoms with Gasteiger partial charge in [-0.2, -0.15) is 0 Å². The van der Waals surface area contributed by atoms with E-state index in [-0.39, 0.29) is 0 Å². The Balaban J connectivity index is 2.00. The van der Waals surface area contributed by atoms with Crippen molar-refractivity contribution in [3.8, 4) is 5.75 Å². The standard InChI is InChI=1S/C14H12Br2O/c15-9-11-5-7-13(8-6-11)17-10-12-3-1-2-4-14(12)16/h1-8H,9-10H2. The second-order valence-electron chi connectivity index (χ2n) is 3.66. The molecular formula is C14H12Br2O. The predicted octanol–water partition coefficient (Wildman–Crippen LogP) is 4.92. The van der Waals surface area contributed by atoms with E-state index >= 15 is 0 Å². The molecule has 0 spiro atoms. The van der Waals surface area contributed by atoms with Gasteiger partial charge >= 0.3 is 0 Å². The van der Waals surface area contributed by atoms with Gasteiger partial charge < -0.3 is 4.74 Å². The Hall–Kier alpha value is -0.800. The van der Waals surface area contributed by atoms with Crippen LogP contribution in [0.3, 0.4) is 0 Å². The van der Waals surface area contributed by atoms with Gasteiger partial charge in [0.05, 0.1) is 0 Å². The second kappa shape index (κ2) is 6.22. The second-order valence-corrected chi connectivity index (χ2v) is 5.07. The molecule has 0 bridgehead atoms. The van der Waals surface area contributed by atoms with Crippen LogP contribution in [0.1, 0.15) is 11.1 Å². The summed E-state index contributed by atoms with van der Waals surface area (Å²) in [7, 11) is 0. The van der Waals surface area contributed by atoms with E-state index in [1.165, 1.54) is 5.56 Å². The van der Waals surface area contributed by atoms with Crippen LogP contribution >= 0.6 is 31.9 Å². The summed E-state index contributed by atoms with van der Waals surface area (Å²) in [6.45, 7) is 0.578. The highest BCUT2D eigenvalue weighted by Crippen LogP contribution is 2.19. The van der Waals surface area contributed by atoms with Gasteiger partial charge in [-0.25, -0.2) is 0 Å². The largest absolute Gasteiger partial charge is 0.489 e. The Morgan fingerprint density at radius 1 is 0.941 bits per heavy atom. The molecule has 3 heteroatoms. The van der Waals surface area contributed by atoms with Gasteiger partial charge in [0.1, 0.15) is 12.4 Å². The summed E-state index contributed by atoms with van der Waals surface area (Å²) in [6.07, 6.45) is 0. The summed E-state index contributed by atoms with van der Waals surface area (Å²) < 4.78 is 6.81. The highest BCUT2D eigenvalue weighted by Gasteiger charge is 2.00. The van der Waals surface area contributed by atoms with Crippen molar-refractivity contribution in [2.45, 2.75) is 11.9 Å². The highest BCUT2D eigenvalue weighted by atomic mass is 79.9. The van der Waals surface area contributed by atoms with Crippen molar-refractivity contribution in [3.05, 3.63) is 64.1 Å². The van der Waals surface area contributed by atoms with E-state index < -0.39 is 0 Å². The Bertz CT molecular complexity index is 480. The molecule has 0 amide bonds. The smallest absolute Gasteiger partial charge is 0.119 e. The summed E-state index contributed by atoms with van der Waals surface area (Å²) in [5, 5.41) is 0.873. The maximum atomic E-state index is 5.73. The van der Waals surface area contributed by atoms with E-state index in [1.54, 1.807) is 0 Å². The first-order valence-electron chi connectivity index (χ1n) is 5.30. The third-order valence-corrected chi connectivity index (χ3v) is 3.85. The number of rotatable bonds is 4. The normalized spacial score (nSPS) is 10.2. The van der Waals surface area contributed by atoms with Crippen molar-refractivity contribution in [1.82, 2.24) is 0 Å². The van der Waals surface area contributed by atoms with Crippen LogP contribution in [0.5, 0.6) is 5.75 Å². The molecule has 0 radical (unpaired) electrons. The number of halogens is 2. The molecule has 17 heavy (non-hydrogen) atoms. The maximum Gasteiger partial charge on any atom is 0.119 e. The molecule has 0 aromatic heterocycles. The Labute approximate surface area is 118 Å². The number of ether oxygens (including phenoxy) is 1. The quantitative estimate of drug-likeness (QED) is 0.707. The number of alkyl halides is 1. The fourth-order valence-electron chi connectivity index (χ4n) is 1.45. The molecule has 0 aliphatic rings. The molecule has 2 rings (SSSR count). The monoisotopic (exact) mass is 354 g/mol. The lowest BCUT2D eigenvalue weighted by molar-refractivity contribution is 0.305. The lowest BCUT2D eigenvalue weighted by atomic mass is 10.2. The molecule has 0 aliphatic carbocycles. The minimum absolute atomic E-state index is 0.578. The van der Waals surface area contributed by atoms with Crippen molar-refractivity contribution < 1.29 is 4.74 Å². The van der Waals surface area contributed by atoms with Crippen LogP contribution in [0.4, 0.5) is 0 Å². The molecule has 2 aromatic carbocycles. The number of hydrogen-bond acceptors (Lipinski definition) is 1. The Morgan fingerprint density at radius 2 is 1.65 bits per heavy atom. The molecule has 0 heterocycles. The van der Waals surface area contributed by atoms with E-state index in [0.29, 0.717) is 6.61 Å². The first-order chi connectivity index (χ1) is 8.29. The van der Waals surface area contributed by atoms with Crippen molar-refractivity contribution in [2.75, 3.05) is 0 Å². The molecular weight excluding hydrogens is 344 g/mol. The minimum atomic E-state index is 0.578. The van der Waals surface area contributed by atoms with E-state index in [0.717, 1.165) is 21.1 Å². The zero-order valence-electron chi connectivity index (χ0n) is 9.20. The van der Waals surface area contributed by atoms with Gasteiger partial charge in [0.2, 0.25) is 0 Å². The molecule has 0 saturated carbocycles. The van der Waals surface area contributed by atoms with Crippen LogP contribution < -0.4 is 4.74 Å². The summed E-state index contributed by atoms with van der Waals surface area (Å²) in [6, 6.07) is 16.2. The van der Waals surface area contributed by atoms with Gasteiger partial charge in [0.25, 0.3) is 0 Å². The average Bonchev–Trinajstić information content (AvgIpc) is 2.38. The molecule has 0 N–H and O–H groups in total. The van der Waals surface area contributed by atoms with E-state index in [2.05, 4.69) is 50.1 Å². The summed E-state index contributed by atoms with van der Waals surface area (Å²) in [5.41, 5.74) is 2.40. The van der Waals surface area contributed by atoms with Crippen molar-refractivity contribution in [3.63, 3.8) is 0 Å². The van der Waals surface area contributed by atoms with Crippen LogP contribution in [-0.4, -0.2) is 0 Å². The molecule has 0 atom stereocenters. The van der Waals surface area contributed by atoms with Crippen molar-refractivity contribution >= 4 is 31.9 Å². The third-order valence-electron chi connectivity index (χ3n) is 2.43. The number of benzene rings is 2. The first kappa shape index (κ1) is 12.7. The van der Waals surface area contributed by atoms with E-state index in [9.17, 15) is 0 Å². The van der Waals surface area contributed by atoms with Crippen molar-refractivity contribution in [1.29, 1.82) is 0 Å². The third kappa shape index (κ3) is 3.58. The molecule has 0 unspecified atom stereocenters. The van der Waals surface area contributed by atoms with Crippen LogP contribution in [0.2, 0.25) is 0 Å². The Morgan fingerprint density at radius 3 is 2.29 bits per heavy atom. The molecule has 88 valence electrons. The molecule has 0 fully saturated rings. The lowest BCUT2D eigenvalue weighted by Crippen LogP contribution is -1.96. The lowest BCUT2D eigenvalue weighted by Gasteiger charge is -2.08. The van der Waals surface area contributed by atoms with Gasteiger partial charge in [-0.1, -0.05) is 62.2 Å². The van der Waals surface area contributed by atoms with Crippen molar-refractivity contribution in [2.24, 2.45) is 0 Å².